The second-order valence-electron chi connectivity index (χ2n) is 5.30. The van der Waals surface area contributed by atoms with Crippen molar-refractivity contribution in [3.05, 3.63) is 87.6 Å². The average molecular weight is 373 g/mol. The summed E-state index contributed by atoms with van der Waals surface area (Å²) in [5, 5.41) is 6.10. The molecule has 1 amide bonds. The van der Waals surface area contributed by atoms with Gasteiger partial charge in [-0.05, 0) is 29.6 Å². The van der Waals surface area contributed by atoms with Crippen molar-refractivity contribution >= 4 is 28.9 Å². The quantitative estimate of drug-likeness (QED) is 0.663. The molecule has 3 rings (SSSR count). The zero-order valence-corrected chi connectivity index (χ0v) is 14.2. The van der Waals surface area contributed by atoms with E-state index in [1.54, 1.807) is 35.0 Å². The molecule has 26 heavy (non-hydrogen) atoms. The topological polar surface area (TPSA) is 55.4 Å². The van der Waals surface area contributed by atoms with Gasteiger partial charge in [0, 0.05) is 10.9 Å². The Morgan fingerprint density at radius 1 is 1.04 bits per heavy atom. The van der Waals surface area contributed by atoms with Gasteiger partial charge < -0.3 is 10.1 Å². The number of hydrogen-bond acceptors (Lipinski definition) is 4. The Hall–Kier alpha value is -3.06. The predicted molar refractivity (Wildman–Crippen MR) is 94.2 cm³/mol. The maximum Gasteiger partial charge on any atom is 0.340 e. The monoisotopic (exact) mass is 373 g/mol. The Bertz CT molecular complexity index is 942. The van der Waals surface area contributed by atoms with Crippen molar-refractivity contribution in [2.24, 2.45) is 0 Å². The number of halogens is 2. The van der Waals surface area contributed by atoms with E-state index in [0.717, 1.165) is 6.07 Å². The molecule has 0 saturated heterocycles. The number of hydrogen-bond donors (Lipinski definition) is 1. The zero-order chi connectivity index (χ0) is 18.5. The second kappa shape index (κ2) is 7.88. The molecular formula is C19H13F2NO3S. The summed E-state index contributed by atoms with van der Waals surface area (Å²) in [6.45, 7) is -0.421. The van der Waals surface area contributed by atoms with Crippen LogP contribution in [0.4, 0.5) is 14.5 Å². The van der Waals surface area contributed by atoms with E-state index < -0.39 is 24.2 Å². The Balaban J connectivity index is 1.73. The second-order valence-corrected chi connectivity index (χ2v) is 6.08. The van der Waals surface area contributed by atoms with Crippen molar-refractivity contribution in [2.75, 3.05) is 5.32 Å². The van der Waals surface area contributed by atoms with E-state index in [-0.39, 0.29) is 22.7 Å². The summed E-state index contributed by atoms with van der Waals surface area (Å²) >= 11 is 1.38. The van der Waals surface area contributed by atoms with E-state index in [2.05, 4.69) is 5.32 Å². The van der Waals surface area contributed by atoms with Crippen LogP contribution in [0.25, 0.3) is 0 Å². The van der Waals surface area contributed by atoms with Gasteiger partial charge in [0.1, 0.15) is 6.61 Å². The third-order valence-electron chi connectivity index (χ3n) is 3.57. The van der Waals surface area contributed by atoms with Crippen molar-refractivity contribution in [3.8, 4) is 0 Å². The van der Waals surface area contributed by atoms with E-state index in [9.17, 15) is 18.4 Å². The molecule has 1 aromatic heterocycles. The number of ether oxygens (including phenoxy) is 1. The lowest BCUT2D eigenvalue weighted by molar-refractivity contribution is 0.0469. The van der Waals surface area contributed by atoms with Crippen LogP contribution in [0.5, 0.6) is 0 Å². The molecule has 0 aliphatic rings. The Morgan fingerprint density at radius 2 is 1.85 bits per heavy atom. The van der Waals surface area contributed by atoms with Crippen LogP contribution in [-0.2, 0) is 11.3 Å². The fraction of sp³-hybridized carbons (Fsp3) is 0.0526. The molecule has 1 heterocycles. The average Bonchev–Trinajstić information content (AvgIpc) is 3.18. The molecule has 0 unspecified atom stereocenters. The van der Waals surface area contributed by atoms with Gasteiger partial charge in [0.25, 0.3) is 5.91 Å². The van der Waals surface area contributed by atoms with E-state index in [4.69, 9.17) is 4.74 Å². The van der Waals surface area contributed by atoms with E-state index >= 15 is 0 Å². The first-order valence-corrected chi connectivity index (χ1v) is 8.53. The number of rotatable bonds is 5. The molecule has 2 aromatic carbocycles. The van der Waals surface area contributed by atoms with E-state index in [1.165, 1.54) is 29.5 Å². The molecule has 0 radical (unpaired) electrons. The largest absolute Gasteiger partial charge is 0.457 e. The highest BCUT2D eigenvalue weighted by atomic mass is 32.1. The molecular weight excluding hydrogens is 360 g/mol. The van der Waals surface area contributed by atoms with E-state index in [1.807, 2.05) is 0 Å². The van der Waals surface area contributed by atoms with Crippen LogP contribution in [0.2, 0.25) is 0 Å². The Morgan fingerprint density at radius 3 is 2.62 bits per heavy atom. The van der Waals surface area contributed by atoms with Gasteiger partial charge >= 0.3 is 5.97 Å². The fourth-order valence-electron chi connectivity index (χ4n) is 2.24. The molecule has 0 bridgehead atoms. The third kappa shape index (κ3) is 3.94. The van der Waals surface area contributed by atoms with Crippen molar-refractivity contribution in [1.29, 1.82) is 0 Å². The number of nitrogens with one attached hydrogen (secondary N) is 1. The first-order valence-electron chi connectivity index (χ1n) is 7.59. The summed E-state index contributed by atoms with van der Waals surface area (Å²) in [5.41, 5.74) is 0.791. The molecule has 0 spiro atoms. The lowest BCUT2D eigenvalue weighted by Gasteiger charge is -2.11. The molecule has 0 fully saturated rings. The van der Waals surface area contributed by atoms with Gasteiger partial charge in [-0.3, -0.25) is 4.79 Å². The number of esters is 1. The first-order chi connectivity index (χ1) is 12.6. The summed E-state index contributed by atoms with van der Waals surface area (Å²) in [4.78, 5) is 24.5. The van der Waals surface area contributed by atoms with Crippen LogP contribution in [0, 0.1) is 11.6 Å². The highest BCUT2D eigenvalue weighted by Crippen LogP contribution is 2.19. The van der Waals surface area contributed by atoms with Gasteiger partial charge in [-0.15, -0.1) is 0 Å². The maximum absolute atomic E-state index is 13.6. The minimum Gasteiger partial charge on any atom is -0.457 e. The van der Waals surface area contributed by atoms with Crippen LogP contribution in [0.3, 0.4) is 0 Å². The minimum atomic E-state index is -1.06. The molecule has 1 N–H and O–H groups in total. The molecule has 0 aliphatic carbocycles. The van der Waals surface area contributed by atoms with Crippen molar-refractivity contribution in [1.82, 2.24) is 0 Å². The van der Waals surface area contributed by atoms with Gasteiger partial charge in [-0.1, -0.05) is 24.3 Å². The number of thiophene rings is 1. The lowest BCUT2D eigenvalue weighted by atomic mass is 10.1. The molecule has 0 saturated carbocycles. The van der Waals surface area contributed by atoms with Gasteiger partial charge in [0.05, 0.1) is 16.8 Å². The lowest BCUT2D eigenvalue weighted by Crippen LogP contribution is -2.15. The van der Waals surface area contributed by atoms with Crippen LogP contribution in [0.15, 0.2) is 59.3 Å². The SMILES string of the molecule is O=C(Nc1ccccc1C(=O)OCc1cccc(F)c1F)c1ccsc1. The van der Waals surface area contributed by atoms with Crippen LogP contribution >= 0.6 is 11.3 Å². The standard InChI is InChI=1S/C19H13F2NO3S/c20-15-6-3-4-12(17(15)21)10-25-19(24)14-5-1-2-7-16(14)22-18(23)13-8-9-26-11-13/h1-9,11H,10H2,(H,22,23). The molecule has 0 atom stereocenters. The molecule has 4 nitrogen and oxygen atoms in total. The van der Waals surface area contributed by atoms with Crippen LogP contribution < -0.4 is 5.32 Å². The van der Waals surface area contributed by atoms with Crippen molar-refractivity contribution in [2.45, 2.75) is 6.61 Å². The smallest absolute Gasteiger partial charge is 0.340 e. The fourth-order valence-corrected chi connectivity index (χ4v) is 2.88. The van der Waals surface area contributed by atoms with Crippen LogP contribution in [-0.4, -0.2) is 11.9 Å². The van der Waals surface area contributed by atoms with Gasteiger partial charge in [-0.2, -0.15) is 11.3 Å². The van der Waals surface area contributed by atoms with Crippen LogP contribution in [0.1, 0.15) is 26.3 Å². The maximum atomic E-state index is 13.6. The minimum absolute atomic E-state index is 0.0712. The van der Waals surface area contributed by atoms with Gasteiger partial charge in [0.15, 0.2) is 11.6 Å². The first kappa shape index (κ1) is 17.8. The predicted octanol–water partition coefficient (Wildman–Crippen LogP) is 4.64. The van der Waals surface area contributed by atoms with Crippen molar-refractivity contribution < 1.29 is 23.1 Å². The summed E-state index contributed by atoms with van der Waals surface area (Å²) in [6.07, 6.45) is 0. The summed E-state index contributed by atoms with van der Waals surface area (Å²) in [5.74, 6) is -3.18. The highest BCUT2D eigenvalue weighted by Gasteiger charge is 2.17. The number of benzene rings is 2. The van der Waals surface area contributed by atoms with Gasteiger partial charge in [0.2, 0.25) is 0 Å². The van der Waals surface area contributed by atoms with Crippen molar-refractivity contribution in [3.63, 3.8) is 0 Å². The third-order valence-corrected chi connectivity index (χ3v) is 4.25. The Kier molecular flexibility index (Phi) is 5.38. The van der Waals surface area contributed by atoms with Gasteiger partial charge in [-0.25, -0.2) is 13.6 Å². The zero-order valence-electron chi connectivity index (χ0n) is 13.4. The number of carbonyl (C=O) groups is 2. The number of amides is 1. The normalized spacial score (nSPS) is 10.4. The molecule has 0 aliphatic heterocycles. The highest BCUT2D eigenvalue weighted by molar-refractivity contribution is 7.08. The number of carbonyl (C=O) groups excluding carboxylic acids is 2. The molecule has 132 valence electrons. The Labute approximate surface area is 152 Å². The summed E-state index contributed by atoms with van der Waals surface area (Å²) < 4.78 is 31.9. The molecule has 3 aromatic rings. The number of para-hydroxylation sites is 1. The molecule has 7 heteroatoms. The summed E-state index contributed by atoms with van der Waals surface area (Å²) in [6, 6.07) is 11.6. The number of anilines is 1. The summed E-state index contributed by atoms with van der Waals surface area (Å²) in [7, 11) is 0. The van der Waals surface area contributed by atoms with E-state index in [0.29, 0.717) is 5.56 Å².